The maximum Gasteiger partial charge on any atom is 0.261 e. The number of nitrogens with one attached hydrogen (secondary N) is 4. The zero-order chi connectivity index (χ0) is 96.9. The highest BCUT2D eigenvalue weighted by molar-refractivity contribution is 7.99. The van der Waals surface area contributed by atoms with Crippen molar-refractivity contribution >= 4 is 132 Å². The van der Waals surface area contributed by atoms with E-state index in [9.17, 15) is 43.9 Å². The van der Waals surface area contributed by atoms with Crippen molar-refractivity contribution in [1.82, 2.24) is 18.9 Å². The first-order valence-corrected chi connectivity index (χ1v) is 56.5. The van der Waals surface area contributed by atoms with Crippen molar-refractivity contribution in [1.29, 1.82) is 0 Å². The lowest BCUT2D eigenvalue weighted by atomic mass is 10.00. The van der Waals surface area contributed by atoms with Gasteiger partial charge in [-0.05, 0) is 285 Å². The van der Waals surface area contributed by atoms with E-state index in [1.165, 1.54) is 9.79 Å². The van der Waals surface area contributed by atoms with E-state index < -0.39 is 45.0 Å². The van der Waals surface area contributed by atoms with E-state index in [2.05, 4.69) is 131 Å². The van der Waals surface area contributed by atoms with Gasteiger partial charge in [-0.25, -0.2) is 33.7 Å². The summed E-state index contributed by atoms with van der Waals surface area (Å²) in [5.41, 5.74) is 16.7. The largest absolute Gasteiger partial charge is 0.393 e. The second kappa shape index (κ2) is 45.6. The summed E-state index contributed by atoms with van der Waals surface area (Å²) in [7, 11) is -15.0. The second-order valence-corrected chi connectivity index (χ2v) is 47.3. The number of nitrogens with zero attached hydrogens (tertiary/aromatic N) is 8. The molecule has 6 N–H and O–H groups in total. The molecule has 12 aromatic rings. The molecule has 22 nitrogen and oxygen atoms in total. The van der Waals surface area contributed by atoms with Crippen LogP contribution in [0.3, 0.4) is 0 Å². The Morgan fingerprint density at radius 3 is 1.10 bits per heavy atom. The van der Waals surface area contributed by atoms with Gasteiger partial charge in [0.1, 0.15) is 0 Å². The lowest BCUT2D eigenvalue weighted by molar-refractivity contribution is 0.0815. The Hall–Kier alpha value is -9.92. The van der Waals surface area contributed by atoms with Gasteiger partial charge >= 0.3 is 0 Å². The monoisotopic (exact) mass is 2000 g/mol. The Morgan fingerprint density at radius 1 is 0.394 bits per heavy atom. The minimum absolute atomic E-state index is 0.000783. The van der Waals surface area contributed by atoms with Crippen LogP contribution >= 0.6 is 46.7 Å². The number of thioether (sulfide) groups is 2. The van der Waals surface area contributed by atoms with Gasteiger partial charge in [0.15, 0.2) is 19.7 Å². The molecule has 726 valence electrons. The van der Waals surface area contributed by atoms with Crippen LogP contribution in [0.15, 0.2) is 272 Å². The summed E-state index contributed by atoms with van der Waals surface area (Å²) in [6.07, 6.45) is 4.67. The molecule has 4 saturated heterocycles. The number of anilines is 8. The molecule has 2 aromatic heterocycles. The fraction of sp³-hybridized carbons (Fsp3) is 0.364. The van der Waals surface area contributed by atoms with E-state index in [1.54, 1.807) is 45.0 Å². The second-order valence-electron chi connectivity index (χ2n) is 36.2. The normalized spacial score (nSPS) is 15.7. The van der Waals surface area contributed by atoms with E-state index >= 15 is 0 Å². The van der Waals surface area contributed by atoms with Gasteiger partial charge < -0.3 is 59.4 Å². The highest BCUT2D eigenvalue weighted by atomic mass is 35.5. The van der Waals surface area contributed by atoms with Gasteiger partial charge in [0.2, 0.25) is 0 Å². The molecule has 0 spiro atoms. The number of halogens is 2. The van der Waals surface area contributed by atoms with Crippen LogP contribution in [0.4, 0.5) is 45.5 Å². The van der Waals surface area contributed by atoms with Crippen LogP contribution < -0.4 is 39.7 Å². The molecular weight excluding hydrogens is 1880 g/mol. The van der Waals surface area contributed by atoms with Gasteiger partial charge in [-0.3, -0.25) is 9.44 Å². The molecule has 16 rings (SSSR count). The predicted molar refractivity (Wildman–Crippen MR) is 569 cm³/mol. The zero-order valence-corrected chi connectivity index (χ0v) is 86.0. The maximum atomic E-state index is 14.1. The molecule has 2 atom stereocenters. The molecule has 10 aromatic carbocycles. The van der Waals surface area contributed by atoms with Crippen molar-refractivity contribution < 1.29 is 43.9 Å². The number of aliphatic hydroxyl groups is 2. The van der Waals surface area contributed by atoms with Crippen molar-refractivity contribution in [2.45, 2.75) is 173 Å². The first-order valence-electron chi connectivity index (χ1n) is 47.7. The van der Waals surface area contributed by atoms with Crippen LogP contribution in [0, 0.1) is 27.7 Å². The lowest BCUT2D eigenvalue weighted by Gasteiger charge is -2.37. The third-order valence-corrected chi connectivity index (χ3v) is 36.6. The fourth-order valence-electron chi connectivity index (χ4n) is 18.9. The maximum absolute atomic E-state index is 14.1. The highest BCUT2D eigenvalue weighted by Crippen LogP contribution is 2.47. The van der Waals surface area contributed by atoms with Gasteiger partial charge in [-0.1, -0.05) is 115 Å². The quantitative estimate of drug-likeness (QED) is 0.0200. The fourth-order valence-corrected chi connectivity index (χ4v) is 26.3. The van der Waals surface area contributed by atoms with E-state index in [0.717, 1.165) is 232 Å². The topological polar surface area (TPSA) is 254 Å². The van der Waals surface area contributed by atoms with Crippen molar-refractivity contribution in [2.24, 2.45) is 0 Å². The molecule has 137 heavy (non-hydrogen) atoms. The number of benzene rings is 10. The minimum Gasteiger partial charge on any atom is -0.393 e. The molecule has 4 aliphatic rings. The van der Waals surface area contributed by atoms with Gasteiger partial charge in [0.05, 0.1) is 54.2 Å². The van der Waals surface area contributed by atoms with Crippen molar-refractivity contribution in [3.63, 3.8) is 0 Å². The molecular formula is C107H128Cl2N12O10S6. The number of aromatic nitrogens is 2. The van der Waals surface area contributed by atoms with Crippen LogP contribution in [0.25, 0.3) is 44.8 Å². The van der Waals surface area contributed by atoms with E-state index in [4.69, 9.17) is 23.2 Å². The van der Waals surface area contributed by atoms with Crippen LogP contribution in [0.1, 0.15) is 95.7 Å². The number of likely N-dealkylation sites (tertiary alicyclic amines) is 2. The number of sulfonamides is 2. The number of aryl methyl sites for hydroxylation is 2. The first kappa shape index (κ1) is 101. The van der Waals surface area contributed by atoms with E-state index in [1.807, 2.05) is 211 Å². The molecule has 0 aliphatic carbocycles. The van der Waals surface area contributed by atoms with Crippen LogP contribution in [-0.4, -0.2) is 201 Å². The molecule has 6 heterocycles. The van der Waals surface area contributed by atoms with Gasteiger partial charge in [-0.2, -0.15) is 0 Å². The molecule has 0 bridgehead atoms. The predicted octanol–water partition coefficient (Wildman–Crippen LogP) is 21.3. The number of aliphatic hydroxyl groups excluding tert-OH is 2. The summed E-state index contributed by atoms with van der Waals surface area (Å²) in [6, 6.07) is 78.3. The lowest BCUT2D eigenvalue weighted by Crippen LogP contribution is -2.46. The number of hydrogen-bond donors (Lipinski definition) is 6. The average Bonchev–Trinajstić information content (AvgIpc) is 1.58. The third-order valence-electron chi connectivity index (χ3n) is 26.8. The Kier molecular flexibility index (Phi) is 33.8. The summed E-state index contributed by atoms with van der Waals surface area (Å²) in [6.45, 7) is 29.6. The third kappa shape index (κ3) is 24.9. The minimum atomic E-state index is -3.86. The van der Waals surface area contributed by atoms with Gasteiger partial charge in [0, 0.05) is 216 Å². The molecule has 0 amide bonds. The Labute approximate surface area is 829 Å². The Morgan fingerprint density at radius 2 is 0.752 bits per heavy atom. The molecule has 0 unspecified atom stereocenters. The molecule has 0 saturated carbocycles. The number of hydrogen-bond acceptors (Lipinski definition) is 20. The standard InChI is InChI=1S/C54H65ClN6O5S3.C53H63ClN6O5S3/c1-6-61-40(5)54(68(63,64)38(2)3)52(53(61)41-15-17-43(55)18-16-41)42-11-10-12-47(36-42)60-33-31-59(32-34-60)46-21-19-44(20-22-46)57-69(65,66)50-23-24-51(39(4)35-50)56-45(37-67-49-13-8-7-9-14-49)25-28-58-29-26-48(62)27-30-58;1-5-60-39(4)53(67(62,63)6-2)51(52(60)40-15-17-42(54)18-16-40)41-11-10-12-46(36-41)59-33-31-58(32-34-59)45-21-19-43(20-22-45)56-68(64,65)49-23-24-50(38(3)35-49)55-44(37-66-48-13-8-7-9-14-48)25-28-57-29-26-47(61)27-30-57/h7-24,35-36,38,45,48,56-57,62H,6,25-34,37H2,1-5H3;7-24,35-36,44,47,55-56,61H,5-6,25-34,37H2,1-4H3/t45-;44-/m11/s1. The van der Waals surface area contributed by atoms with E-state index in [0.29, 0.717) is 55.4 Å². The molecule has 4 aliphatic heterocycles. The first-order chi connectivity index (χ1) is 65.8. The van der Waals surface area contributed by atoms with Gasteiger partial charge in [0.25, 0.3) is 20.0 Å². The number of piperidine rings is 2. The van der Waals surface area contributed by atoms with E-state index in [-0.39, 0.29) is 39.8 Å². The van der Waals surface area contributed by atoms with Crippen LogP contribution in [-0.2, 0) is 52.8 Å². The Balaban J connectivity index is 0.000000208. The van der Waals surface area contributed by atoms with Crippen molar-refractivity contribution in [2.75, 3.05) is 149 Å². The summed E-state index contributed by atoms with van der Waals surface area (Å²) in [5.74, 6) is 1.72. The zero-order valence-electron chi connectivity index (χ0n) is 79.6. The summed E-state index contributed by atoms with van der Waals surface area (Å²) >= 11 is 16.2. The smallest absolute Gasteiger partial charge is 0.261 e. The molecule has 30 heteroatoms. The highest BCUT2D eigenvalue weighted by Gasteiger charge is 2.36. The summed E-state index contributed by atoms with van der Waals surface area (Å²) < 4.78 is 120. The average molecular weight is 2010 g/mol. The molecule has 0 radical (unpaired) electrons. The number of rotatable bonds is 36. The number of sulfone groups is 2. The van der Waals surface area contributed by atoms with Crippen LogP contribution in [0.2, 0.25) is 10.0 Å². The van der Waals surface area contributed by atoms with Gasteiger partial charge in [-0.15, -0.1) is 23.5 Å². The van der Waals surface area contributed by atoms with Crippen LogP contribution in [0.5, 0.6) is 0 Å². The molecule has 4 fully saturated rings. The SMILES string of the molecule is CCn1c(C)c(S(=O)(=O)C(C)C)c(-c2cccc(N3CCN(c4ccc(NS(=O)(=O)c5ccc(N[C@H](CCN6CCC(O)CC6)CSc6ccccc6)c(C)c5)cc4)CC3)c2)c1-c1ccc(Cl)cc1.CCn1c(C)c(S(=O)(=O)CC)c(-c2cccc(N3CCN(c4ccc(NS(=O)(=O)c5ccc(N[C@H](CCN6CCC(O)CC6)CSc6ccccc6)c(C)c5)cc4)CC3)c2)c1-c1ccc(Cl)cc1. The Bertz CT molecular complexity index is 6590. The number of piperazine rings is 2. The van der Waals surface area contributed by atoms with Crippen molar-refractivity contribution in [3.8, 4) is 44.8 Å². The summed E-state index contributed by atoms with van der Waals surface area (Å²) in [4.78, 5) is 17.7. The summed E-state index contributed by atoms with van der Waals surface area (Å²) in [5, 5.41) is 28.1. The van der Waals surface area contributed by atoms with Crippen molar-refractivity contribution in [3.05, 3.63) is 275 Å².